The predicted octanol–water partition coefficient (Wildman–Crippen LogP) is 2.71. The molecule has 154 valence electrons. The smallest absolute Gasteiger partial charge is 0.224 e. The molecule has 0 aromatic rings. The van der Waals surface area contributed by atoms with Gasteiger partial charge in [-0.25, -0.2) is 0 Å². The number of nitrogens with zero attached hydrogens (tertiary/aromatic N) is 2. The number of piperidine rings is 1. The van der Waals surface area contributed by atoms with Gasteiger partial charge in [-0.15, -0.1) is 24.8 Å². The standard InChI is InChI=1S/C19H35N3O2.2ClH/c1-2-20-16-17-5-9-21(10-6-17)18(23)15-19(7-3-4-8-19)22-11-13-24-14-12-22;;/h17,20H,2-16H2,1H3;2*1H. The number of ether oxygens (including phenoxy) is 1. The van der Waals surface area contributed by atoms with Crippen LogP contribution in [0.4, 0.5) is 0 Å². The average molecular weight is 410 g/mol. The van der Waals surface area contributed by atoms with Crippen molar-refractivity contribution in [3.63, 3.8) is 0 Å². The summed E-state index contributed by atoms with van der Waals surface area (Å²) in [5.41, 5.74) is 0.126. The molecule has 0 aromatic heterocycles. The minimum absolute atomic E-state index is 0. The molecule has 0 bridgehead atoms. The van der Waals surface area contributed by atoms with Crippen molar-refractivity contribution in [1.29, 1.82) is 0 Å². The summed E-state index contributed by atoms with van der Waals surface area (Å²) in [6.07, 6.45) is 7.97. The van der Waals surface area contributed by atoms with Crippen molar-refractivity contribution in [2.45, 2.75) is 57.4 Å². The zero-order valence-corrected chi connectivity index (χ0v) is 17.8. The van der Waals surface area contributed by atoms with Crippen molar-refractivity contribution < 1.29 is 9.53 Å². The number of amides is 1. The van der Waals surface area contributed by atoms with E-state index in [1.807, 2.05) is 0 Å². The Morgan fingerprint density at radius 1 is 1.08 bits per heavy atom. The highest BCUT2D eigenvalue weighted by Crippen LogP contribution is 2.39. The maximum absolute atomic E-state index is 13.0. The minimum atomic E-state index is 0. The summed E-state index contributed by atoms with van der Waals surface area (Å²) in [7, 11) is 0. The number of carbonyl (C=O) groups is 1. The molecule has 0 aromatic carbocycles. The van der Waals surface area contributed by atoms with Gasteiger partial charge in [0.05, 0.1) is 13.2 Å². The van der Waals surface area contributed by atoms with Crippen LogP contribution in [0.3, 0.4) is 0 Å². The van der Waals surface area contributed by atoms with E-state index < -0.39 is 0 Å². The largest absolute Gasteiger partial charge is 0.379 e. The van der Waals surface area contributed by atoms with Crippen LogP contribution in [0.1, 0.15) is 51.9 Å². The number of nitrogens with one attached hydrogen (secondary N) is 1. The van der Waals surface area contributed by atoms with Crippen LogP contribution in [0.25, 0.3) is 0 Å². The highest BCUT2D eigenvalue weighted by Gasteiger charge is 2.42. The quantitative estimate of drug-likeness (QED) is 0.732. The number of rotatable bonds is 6. The molecule has 5 nitrogen and oxygen atoms in total. The van der Waals surface area contributed by atoms with Crippen LogP contribution >= 0.6 is 24.8 Å². The molecule has 0 atom stereocenters. The number of morpholine rings is 1. The van der Waals surface area contributed by atoms with E-state index in [2.05, 4.69) is 22.0 Å². The van der Waals surface area contributed by atoms with Gasteiger partial charge >= 0.3 is 0 Å². The van der Waals surface area contributed by atoms with Crippen LogP contribution in [0.15, 0.2) is 0 Å². The normalized spacial score (nSPS) is 24.0. The first-order valence-corrected chi connectivity index (χ1v) is 10.0. The van der Waals surface area contributed by atoms with Crippen LogP contribution in [-0.2, 0) is 9.53 Å². The van der Waals surface area contributed by atoms with Gasteiger partial charge in [-0.2, -0.15) is 0 Å². The number of likely N-dealkylation sites (tertiary alicyclic amines) is 1. The second-order valence-corrected chi connectivity index (χ2v) is 7.84. The lowest BCUT2D eigenvalue weighted by Crippen LogP contribution is -2.54. The lowest BCUT2D eigenvalue weighted by atomic mass is 9.88. The fourth-order valence-electron chi connectivity index (χ4n) is 4.80. The maximum atomic E-state index is 13.0. The van der Waals surface area contributed by atoms with E-state index in [-0.39, 0.29) is 30.4 Å². The molecule has 3 rings (SSSR count). The Hall–Kier alpha value is -0.0700. The molecule has 2 aliphatic heterocycles. The van der Waals surface area contributed by atoms with Gasteiger partial charge in [-0.05, 0) is 44.7 Å². The SMILES string of the molecule is CCNCC1CCN(C(=O)CC2(N3CCOCC3)CCCC2)CC1.Cl.Cl. The van der Waals surface area contributed by atoms with Gasteiger partial charge < -0.3 is 15.0 Å². The molecule has 1 amide bonds. The van der Waals surface area contributed by atoms with Crippen molar-refractivity contribution in [3.8, 4) is 0 Å². The molecule has 1 N–H and O–H groups in total. The number of halogens is 2. The Morgan fingerprint density at radius 3 is 2.27 bits per heavy atom. The third-order valence-corrected chi connectivity index (χ3v) is 6.35. The first-order chi connectivity index (χ1) is 11.7. The van der Waals surface area contributed by atoms with Gasteiger partial charge in [0.1, 0.15) is 0 Å². The molecular weight excluding hydrogens is 373 g/mol. The van der Waals surface area contributed by atoms with E-state index in [4.69, 9.17) is 4.74 Å². The van der Waals surface area contributed by atoms with Crippen molar-refractivity contribution in [1.82, 2.24) is 15.1 Å². The molecule has 2 saturated heterocycles. The van der Waals surface area contributed by atoms with Crippen LogP contribution in [0, 0.1) is 5.92 Å². The van der Waals surface area contributed by atoms with Crippen LogP contribution in [0.5, 0.6) is 0 Å². The Morgan fingerprint density at radius 2 is 1.69 bits per heavy atom. The zero-order valence-electron chi connectivity index (χ0n) is 16.2. The van der Waals surface area contributed by atoms with Gasteiger partial charge in [0, 0.05) is 38.1 Å². The van der Waals surface area contributed by atoms with E-state index in [0.29, 0.717) is 5.91 Å². The van der Waals surface area contributed by atoms with Gasteiger partial charge in [0.2, 0.25) is 5.91 Å². The van der Waals surface area contributed by atoms with Gasteiger partial charge in [-0.1, -0.05) is 19.8 Å². The predicted molar refractivity (Wildman–Crippen MR) is 111 cm³/mol. The number of hydrogen-bond acceptors (Lipinski definition) is 4. The number of hydrogen-bond donors (Lipinski definition) is 1. The minimum Gasteiger partial charge on any atom is -0.379 e. The third kappa shape index (κ3) is 5.96. The van der Waals surface area contributed by atoms with Gasteiger partial charge in [0.15, 0.2) is 0 Å². The molecule has 1 aliphatic carbocycles. The van der Waals surface area contributed by atoms with E-state index in [1.54, 1.807) is 0 Å². The van der Waals surface area contributed by atoms with E-state index in [9.17, 15) is 4.79 Å². The molecule has 26 heavy (non-hydrogen) atoms. The summed E-state index contributed by atoms with van der Waals surface area (Å²) in [6, 6.07) is 0. The topological polar surface area (TPSA) is 44.8 Å². The molecule has 1 saturated carbocycles. The number of carbonyl (C=O) groups excluding carboxylic acids is 1. The lowest BCUT2D eigenvalue weighted by molar-refractivity contribution is -0.137. The molecule has 7 heteroatoms. The molecule has 3 aliphatic rings. The Kier molecular flexibility index (Phi) is 10.8. The molecular formula is C19H37Cl2N3O2. The van der Waals surface area contributed by atoms with E-state index in [0.717, 1.165) is 77.7 Å². The molecule has 0 spiro atoms. The van der Waals surface area contributed by atoms with Crippen LogP contribution in [0.2, 0.25) is 0 Å². The van der Waals surface area contributed by atoms with Gasteiger partial charge in [-0.3, -0.25) is 9.69 Å². The highest BCUT2D eigenvalue weighted by molar-refractivity contribution is 5.85. The summed E-state index contributed by atoms with van der Waals surface area (Å²) in [6.45, 7) is 9.86. The van der Waals surface area contributed by atoms with Crippen LogP contribution in [-0.4, -0.2) is 73.7 Å². The van der Waals surface area contributed by atoms with Crippen molar-refractivity contribution in [2.75, 3.05) is 52.5 Å². The Bertz CT molecular complexity index is 406. The summed E-state index contributed by atoms with van der Waals surface area (Å²) in [5.74, 6) is 1.14. The van der Waals surface area contributed by atoms with Crippen molar-refractivity contribution in [2.24, 2.45) is 5.92 Å². The average Bonchev–Trinajstić information content (AvgIpc) is 3.11. The monoisotopic (exact) mass is 409 g/mol. The molecule has 0 unspecified atom stereocenters. The van der Waals surface area contributed by atoms with E-state index >= 15 is 0 Å². The Labute approximate surface area is 171 Å². The fraction of sp³-hybridized carbons (Fsp3) is 0.947. The lowest BCUT2D eigenvalue weighted by Gasteiger charge is -2.44. The van der Waals surface area contributed by atoms with E-state index in [1.165, 1.54) is 25.7 Å². The summed E-state index contributed by atoms with van der Waals surface area (Å²) < 4.78 is 5.53. The second-order valence-electron chi connectivity index (χ2n) is 7.84. The second kappa shape index (κ2) is 11.7. The highest BCUT2D eigenvalue weighted by atomic mass is 35.5. The summed E-state index contributed by atoms with van der Waals surface area (Å²) in [5, 5.41) is 3.45. The summed E-state index contributed by atoms with van der Waals surface area (Å²) in [4.78, 5) is 17.7. The van der Waals surface area contributed by atoms with Crippen molar-refractivity contribution in [3.05, 3.63) is 0 Å². The first kappa shape index (κ1) is 24.0. The molecule has 0 radical (unpaired) electrons. The zero-order chi connectivity index (χ0) is 16.8. The molecule has 2 heterocycles. The fourth-order valence-corrected chi connectivity index (χ4v) is 4.80. The summed E-state index contributed by atoms with van der Waals surface area (Å²) >= 11 is 0. The Balaban J connectivity index is 0.00000169. The maximum Gasteiger partial charge on any atom is 0.224 e. The van der Waals surface area contributed by atoms with Gasteiger partial charge in [0.25, 0.3) is 0 Å². The van der Waals surface area contributed by atoms with Crippen molar-refractivity contribution >= 4 is 30.7 Å². The first-order valence-electron chi connectivity index (χ1n) is 10.0. The molecule has 3 fully saturated rings. The third-order valence-electron chi connectivity index (χ3n) is 6.35. The van der Waals surface area contributed by atoms with Crippen LogP contribution < -0.4 is 5.32 Å².